The highest BCUT2D eigenvalue weighted by Crippen LogP contribution is 2.24. The van der Waals surface area contributed by atoms with Crippen LogP contribution in [0.15, 0.2) is 58.2 Å². The molecule has 0 spiro atoms. The van der Waals surface area contributed by atoms with E-state index < -0.39 is 0 Å². The number of aromatic nitrogens is 2. The van der Waals surface area contributed by atoms with E-state index in [1.165, 1.54) is 11.8 Å². The lowest BCUT2D eigenvalue weighted by molar-refractivity contribution is -0.119. The van der Waals surface area contributed by atoms with Crippen LogP contribution in [0.25, 0.3) is 11.5 Å². The first-order valence-corrected chi connectivity index (χ1v) is 9.46. The predicted molar refractivity (Wildman–Crippen MR) is 103 cm³/mol. The average molecular weight is 388 g/mol. The molecule has 0 aliphatic heterocycles. The van der Waals surface area contributed by atoms with Crippen LogP contribution >= 0.6 is 23.4 Å². The lowest BCUT2D eigenvalue weighted by Gasteiger charge is -2.16. The largest absolute Gasteiger partial charge is 0.411 e. The number of nitrogens with one attached hydrogen (secondary N) is 1. The molecule has 3 aromatic rings. The minimum absolute atomic E-state index is 0.0587. The third-order valence-electron chi connectivity index (χ3n) is 3.86. The van der Waals surface area contributed by atoms with Gasteiger partial charge in [-0.25, -0.2) is 0 Å². The van der Waals surface area contributed by atoms with Crippen molar-refractivity contribution < 1.29 is 9.21 Å². The SMILES string of the molecule is Cc1ccccc1C(C)NC(=O)CSc1nnc(-c2ccc(Cl)cc2)o1. The summed E-state index contributed by atoms with van der Waals surface area (Å²) in [6.07, 6.45) is 0. The number of amides is 1. The van der Waals surface area contributed by atoms with Crippen molar-refractivity contribution in [3.8, 4) is 11.5 Å². The Morgan fingerprint density at radius 3 is 2.65 bits per heavy atom. The molecule has 1 amide bonds. The molecule has 3 rings (SSSR count). The second-order valence-corrected chi connectivity index (χ2v) is 7.18. The third kappa shape index (κ3) is 4.65. The van der Waals surface area contributed by atoms with Crippen LogP contribution < -0.4 is 5.32 Å². The molecule has 1 aromatic heterocycles. The van der Waals surface area contributed by atoms with E-state index in [0.717, 1.165) is 16.7 Å². The van der Waals surface area contributed by atoms with E-state index in [-0.39, 0.29) is 17.7 Å². The molecule has 7 heteroatoms. The first-order valence-electron chi connectivity index (χ1n) is 8.10. The molecule has 0 radical (unpaired) electrons. The molecule has 0 aliphatic carbocycles. The van der Waals surface area contributed by atoms with Crippen LogP contribution in [0, 0.1) is 6.92 Å². The lowest BCUT2D eigenvalue weighted by atomic mass is 10.0. The van der Waals surface area contributed by atoms with E-state index in [4.69, 9.17) is 16.0 Å². The van der Waals surface area contributed by atoms with Crippen LogP contribution in [0.1, 0.15) is 24.1 Å². The number of aryl methyl sites for hydroxylation is 1. The van der Waals surface area contributed by atoms with Gasteiger partial charge in [0.2, 0.25) is 11.8 Å². The summed E-state index contributed by atoms with van der Waals surface area (Å²) in [6, 6.07) is 15.1. The van der Waals surface area contributed by atoms with Gasteiger partial charge in [-0.15, -0.1) is 10.2 Å². The summed E-state index contributed by atoms with van der Waals surface area (Å²) in [6.45, 7) is 4.00. The molecule has 1 atom stereocenters. The molecule has 2 aromatic carbocycles. The molecule has 134 valence electrons. The summed E-state index contributed by atoms with van der Waals surface area (Å²) in [7, 11) is 0. The van der Waals surface area contributed by atoms with Crippen molar-refractivity contribution >= 4 is 29.3 Å². The predicted octanol–water partition coefficient (Wildman–Crippen LogP) is 4.67. The molecule has 1 heterocycles. The van der Waals surface area contributed by atoms with Crippen LogP contribution in [-0.4, -0.2) is 21.9 Å². The van der Waals surface area contributed by atoms with Crippen molar-refractivity contribution in [1.82, 2.24) is 15.5 Å². The Morgan fingerprint density at radius 1 is 1.19 bits per heavy atom. The molecule has 26 heavy (non-hydrogen) atoms. The second-order valence-electron chi connectivity index (χ2n) is 5.81. The Bertz CT molecular complexity index is 896. The van der Waals surface area contributed by atoms with Gasteiger partial charge in [0.25, 0.3) is 5.22 Å². The van der Waals surface area contributed by atoms with E-state index >= 15 is 0 Å². The first kappa shape index (κ1) is 18.5. The molecule has 0 saturated carbocycles. The van der Waals surface area contributed by atoms with Crippen molar-refractivity contribution in [3.05, 3.63) is 64.7 Å². The summed E-state index contributed by atoms with van der Waals surface area (Å²) < 4.78 is 5.59. The minimum Gasteiger partial charge on any atom is -0.411 e. The Kier molecular flexibility index (Phi) is 5.96. The molecule has 0 saturated heterocycles. The van der Waals surface area contributed by atoms with Crippen molar-refractivity contribution in [2.75, 3.05) is 5.75 Å². The normalized spacial score (nSPS) is 12.0. The van der Waals surface area contributed by atoms with Crippen LogP contribution in [0.3, 0.4) is 0 Å². The van der Waals surface area contributed by atoms with Gasteiger partial charge in [0.1, 0.15) is 0 Å². The summed E-state index contributed by atoms with van der Waals surface area (Å²) in [5.41, 5.74) is 3.04. The Morgan fingerprint density at radius 2 is 1.92 bits per heavy atom. The number of nitrogens with zero attached hydrogens (tertiary/aromatic N) is 2. The maximum Gasteiger partial charge on any atom is 0.277 e. The van der Waals surface area contributed by atoms with Gasteiger partial charge in [-0.3, -0.25) is 4.79 Å². The zero-order valence-electron chi connectivity index (χ0n) is 14.4. The van der Waals surface area contributed by atoms with Crippen molar-refractivity contribution in [1.29, 1.82) is 0 Å². The number of hydrogen-bond donors (Lipinski definition) is 1. The molecule has 0 fully saturated rings. The molecular formula is C19H18ClN3O2S. The highest BCUT2D eigenvalue weighted by molar-refractivity contribution is 7.99. The zero-order chi connectivity index (χ0) is 18.5. The van der Waals surface area contributed by atoms with Gasteiger partial charge in [-0.05, 0) is 49.2 Å². The van der Waals surface area contributed by atoms with Gasteiger partial charge in [-0.1, -0.05) is 47.6 Å². The summed E-state index contributed by atoms with van der Waals surface area (Å²) in [5.74, 6) is 0.521. The lowest BCUT2D eigenvalue weighted by Crippen LogP contribution is -2.28. The quantitative estimate of drug-likeness (QED) is 0.622. The topological polar surface area (TPSA) is 68.0 Å². The number of benzene rings is 2. The standard InChI is InChI=1S/C19H18ClN3O2S/c1-12-5-3-4-6-16(12)13(2)21-17(24)11-26-19-23-22-18(25-19)14-7-9-15(20)10-8-14/h3-10,13H,11H2,1-2H3,(H,21,24). The minimum atomic E-state index is -0.0861. The first-order chi connectivity index (χ1) is 12.5. The van der Waals surface area contributed by atoms with Crippen LogP contribution in [0.4, 0.5) is 0 Å². The van der Waals surface area contributed by atoms with Crippen molar-refractivity contribution in [2.45, 2.75) is 25.1 Å². The van der Waals surface area contributed by atoms with Gasteiger partial charge >= 0.3 is 0 Å². The number of carbonyl (C=O) groups excluding carboxylic acids is 1. The second kappa shape index (κ2) is 8.38. The number of halogens is 1. The van der Waals surface area contributed by atoms with Crippen molar-refractivity contribution in [3.63, 3.8) is 0 Å². The monoisotopic (exact) mass is 387 g/mol. The fourth-order valence-corrected chi connectivity index (χ4v) is 3.24. The molecule has 1 unspecified atom stereocenters. The van der Waals surface area contributed by atoms with E-state index in [9.17, 15) is 4.79 Å². The number of carbonyl (C=O) groups is 1. The Balaban J connectivity index is 1.55. The molecule has 0 aliphatic rings. The average Bonchev–Trinajstić information content (AvgIpc) is 3.10. The highest BCUT2D eigenvalue weighted by Gasteiger charge is 2.14. The van der Waals surface area contributed by atoms with E-state index in [2.05, 4.69) is 15.5 Å². The Hall–Kier alpha value is -2.31. The maximum absolute atomic E-state index is 12.2. The van der Waals surface area contributed by atoms with Gasteiger partial charge in [0.15, 0.2) is 0 Å². The molecule has 5 nitrogen and oxygen atoms in total. The van der Waals surface area contributed by atoms with Crippen LogP contribution in [-0.2, 0) is 4.79 Å². The number of hydrogen-bond acceptors (Lipinski definition) is 5. The summed E-state index contributed by atoms with van der Waals surface area (Å²) >= 11 is 7.08. The highest BCUT2D eigenvalue weighted by atomic mass is 35.5. The fourth-order valence-electron chi connectivity index (χ4n) is 2.54. The Labute approximate surface area is 161 Å². The van der Waals surface area contributed by atoms with E-state index in [0.29, 0.717) is 16.1 Å². The third-order valence-corrected chi connectivity index (χ3v) is 4.93. The van der Waals surface area contributed by atoms with Crippen LogP contribution in [0.5, 0.6) is 0 Å². The number of thioether (sulfide) groups is 1. The molecule has 1 N–H and O–H groups in total. The fraction of sp³-hybridized carbons (Fsp3) is 0.211. The summed E-state index contributed by atoms with van der Waals surface area (Å²) in [4.78, 5) is 12.2. The van der Waals surface area contributed by atoms with Gasteiger partial charge in [-0.2, -0.15) is 0 Å². The van der Waals surface area contributed by atoms with Crippen LogP contribution in [0.2, 0.25) is 5.02 Å². The summed E-state index contributed by atoms with van der Waals surface area (Å²) in [5, 5.41) is 12.0. The number of rotatable bonds is 6. The molecular weight excluding hydrogens is 370 g/mol. The zero-order valence-corrected chi connectivity index (χ0v) is 16.0. The van der Waals surface area contributed by atoms with Gasteiger partial charge in [0, 0.05) is 10.6 Å². The van der Waals surface area contributed by atoms with E-state index in [1.807, 2.05) is 38.1 Å². The van der Waals surface area contributed by atoms with Gasteiger partial charge in [0.05, 0.1) is 11.8 Å². The van der Waals surface area contributed by atoms with Gasteiger partial charge < -0.3 is 9.73 Å². The molecule has 0 bridgehead atoms. The maximum atomic E-state index is 12.2. The van der Waals surface area contributed by atoms with E-state index in [1.54, 1.807) is 24.3 Å². The smallest absolute Gasteiger partial charge is 0.277 e. The van der Waals surface area contributed by atoms with Crippen molar-refractivity contribution in [2.24, 2.45) is 0 Å².